The standard InChI is InChI=1S/C21H22ClN3/c22-18-6-9-20(10-7-18)25-15-13-24(14-16-25)12-11-19-8-5-17-3-1-2-4-21(17)23-19/h1-10H,11-16H2. The van der Waals surface area contributed by atoms with Crippen molar-refractivity contribution in [1.82, 2.24) is 9.88 Å². The number of benzene rings is 2. The van der Waals surface area contributed by atoms with Crippen molar-refractivity contribution < 1.29 is 0 Å². The molecule has 0 unspecified atom stereocenters. The number of aromatic nitrogens is 1. The maximum atomic E-state index is 5.98. The monoisotopic (exact) mass is 351 g/mol. The zero-order valence-electron chi connectivity index (χ0n) is 14.2. The quantitative estimate of drug-likeness (QED) is 0.700. The fourth-order valence-corrected chi connectivity index (χ4v) is 3.53. The Balaban J connectivity index is 1.31. The molecule has 0 saturated carbocycles. The third-order valence-corrected chi connectivity index (χ3v) is 5.16. The fourth-order valence-electron chi connectivity index (χ4n) is 3.40. The second kappa shape index (κ2) is 7.42. The van der Waals surface area contributed by atoms with Crippen LogP contribution in [0.4, 0.5) is 5.69 Å². The molecule has 0 atom stereocenters. The van der Waals surface area contributed by atoms with E-state index in [1.165, 1.54) is 16.8 Å². The van der Waals surface area contributed by atoms with Crippen LogP contribution in [0.3, 0.4) is 0 Å². The van der Waals surface area contributed by atoms with E-state index in [0.29, 0.717) is 0 Å². The van der Waals surface area contributed by atoms with Gasteiger partial charge < -0.3 is 4.90 Å². The Kier molecular flexibility index (Phi) is 4.86. The van der Waals surface area contributed by atoms with Crippen LogP contribution >= 0.6 is 11.6 Å². The van der Waals surface area contributed by atoms with Gasteiger partial charge in [0.05, 0.1) is 5.52 Å². The second-order valence-corrected chi connectivity index (χ2v) is 6.99. The Morgan fingerprint density at radius 1 is 0.840 bits per heavy atom. The van der Waals surface area contributed by atoms with Crippen LogP contribution in [0, 0.1) is 0 Å². The van der Waals surface area contributed by atoms with Crippen molar-refractivity contribution in [2.45, 2.75) is 6.42 Å². The first-order valence-corrected chi connectivity index (χ1v) is 9.23. The highest BCUT2D eigenvalue weighted by Crippen LogP contribution is 2.19. The molecular formula is C21H22ClN3. The minimum atomic E-state index is 0.797. The van der Waals surface area contributed by atoms with Gasteiger partial charge >= 0.3 is 0 Å². The third kappa shape index (κ3) is 3.94. The summed E-state index contributed by atoms with van der Waals surface area (Å²) in [6.45, 7) is 5.38. The van der Waals surface area contributed by atoms with Gasteiger partial charge in [-0.25, -0.2) is 0 Å². The van der Waals surface area contributed by atoms with Crippen LogP contribution in [0.2, 0.25) is 5.02 Å². The van der Waals surface area contributed by atoms with Gasteiger partial charge in [-0.15, -0.1) is 0 Å². The van der Waals surface area contributed by atoms with E-state index < -0.39 is 0 Å². The van der Waals surface area contributed by atoms with Gasteiger partial charge in [0, 0.05) is 60.9 Å². The molecule has 3 aromatic rings. The summed E-state index contributed by atoms with van der Waals surface area (Å²) in [4.78, 5) is 9.74. The van der Waals surface area contributed by atoms with Crippen LogP contribution in [0.1, 0.15) is 5.69 Å². The minimum absolute atomic E-state index is 0.797. The minimum Gasteiger partial charge on any atom is -0.369 e. The lowest BCUT2D eigenvalue weighted by Gasteiger charge is -2.36. The highest BCUT2D eigenvalue weighted by molar-refractivity contribution is 6.30. The molecule has 0 spiro atoms. The van der Waals surface area contributed by atoms with Crippen molar-refractivity contribution in [2.24, 2.45) is 0 Å². The molecule has 1 aliphatic rings. The van der Waals surface area contributed by atoms with E-state index in [-0.39, 0.29) is 0 Å². The molecule has 3 nitrogen and oxygen atoms in total. The van der Waals surface area contributed by atoms with Crippen LogP contribution in [-0.2, 0) is 6.42 Å². The molecule has 128 valence electrons. The number of anilines is 1. The van der Waals surface area contributed by atoms with E-state index in [0.717, 1.165) is 49.7 Å². The van der Waals surface area contributed by atoms with E-state index in [1.54, 1.807) is 0 Å². The number of hydrogen-bond donors (Lipinski definition) is 0. The summed E-state index contributed by atoms with van der Waals surface area (Å²) < 4.78 is 0. The molecule has 1 aliphatic heterocycles. The van der Waals surface area contributed by atoms with Gasteiger partial charge in [0.15, 0.2) is 0 Å². The number of hydrogen-bond acceptors (Lipinski definition) is 3. The Morgan fingerprint density at radius 2 is 1.60 bits per heavy atom. The Morgan fingerprint density at radius 3 is 2.40 bits per heavy atom. The molecule has 0 radical (unpaired) electrons. The van der Waals surface area contributed by atoms with Gasteiger partial charge in [0.1, 0.15) is 0 Å². The normalized spacial score (nSPS) is 15.6. The van der Waals surface area contributed by atoms with Gasteiger partial charge in [-0.2, -0.15) is 0 Å². The maximum Gasteiger partial charge on any atom is 0.0705 e. The van der Waals surface area contributed by atoms with Crippen LogP contribution in [0.25, 0.3) is 10.9 Å². The lowest BCUT2D eigenvalue weighted by molar-refractivity contribution is 0.260. The predicted octanol–water partition coefficient (Wildman–Crippen LogP) is 4.25. The SMILES string of the molecule is Clc1ccc(N2CCN(CCc3ccc4ccccc4n3)CC2)cc1. The van der Waals surface area contributed by atoms with Crippen LogP contribution in [-0.4, -0.2) is 42.6 Å². The highest BCUT2D eigenvalue weighted by atomic mass is 35.5. The lowest BCUT2D eigenvalue weighted by Crippen LogP contribution is -2.47. The number of pyridine rings is 1. The topological polar surface area (TPSA) is 19.4 Å². The lowest BCUT2D eigenvalue weighted by atomic mass is 10.1. The zero-order chi connectivity index (χ0) is 17.1. The summed E-state index contributed by atoms with van der Waals surface area (Å²) in [6.07, 6.45) is 1.01. The molecule has 0 aliphatic carbocycles. The van der Waals surface area contributed by atoms with Gasteiger partial charge in [-0.05, 0) is 36.4 Å². The molecule has 1 fully saturated rings. The summed E-state index contributed by atoms with van der Waals surface area (Å²) in [5, 5.41) is 2.01. The van der Waals surface area contributed by atoms with E-state index in [4.69, 9.17) is 16.6 Å². The number of para-hydroxylation sites is 1. The third-order valence-electron chi connectivity index (χ3n) is 4.90. The number of nitrogens with zero attached hydrogens (tertiary/aromatic N) is 3. The molecule has 0 bridgehead atoms. The number of fused-ring (bicyclic) bond motifs is 1. The van der Waals surface area contributed by atoms with E-state index in [9.17, 15) is 0 Å². The summed E-state index contributed by atoms with van der Waals surface area (Å²) in [6, 6.07) is 20.8. The van der Waals surface area contributed by atoms with E-state index in [1.807, 2.05) is 12.1 Å². The molecule has 4 heteroatoms. The summed E-state index contributed by atoms with van der Waals surface area (Å²) in [5.74, 6) is 0. The van der Waals surface area contributed by atoms with Crippen molar-refractivity contribution in [3.8, 4) is 0 Å². The first-order chi connectivity index (χ1) is 12.3. The molecule has 2 aromatic carbocycles. The van der Waals surface area contributed by atoms with Crippen LogP contribution in [0.5, 0.6) is 0 Å². The van der Waals surface area contributed by atoms with Gasteiger partial charge in [0.25, 0.3) is 0 Å². The van der Waals surface area contributed by atoms with E-state index in [2.05, 4.69) is 58.3 Å². The first kappa shape index (κ1) is 16.4. The van der Waals surface area contributed by atoms with Crippen molar-refractivity contribution in [3.63, 3.8) is 0 Å². The predicted molar refractivity (Wildman–Crippen MR) is 106 cm³/mol. The number of rotatable bonds is 4. The zero-order valence-corrected chi connectivity index (χ0v) is 15.0. The molecular weight excluding hydrogens is 330 g/mol. The Labute approximate surface area is 153 Å². The molecule has 25 heavy (non-hydrogen) atoms. The van der Waals surface area contributed by atoms with Crippen molar-refractivity contribution >= 4 is 28.2 Å². The van der Waals surface area contributed by atoms with Gasteiger partial charge in [-0.3, -0.25) is 9.88 Å². The van der Waals surface area contributed by atoms with Crippen LogP contribution < -0.4 is 4.90 Å². The van der Waals surface area contributed by atoms with Gasteiger partial charge in [0.2, 0.25) is 0 Å². The Bertz CT molecular complexity index is 839. The average Bonchev–Trinajstić information content (AvgIpc) is 2.67. The van der Waals surface area contributed by atoms with Gasteiger partial charge in [-0.1, -0.05) is 35.9 Å². The molecule has 4 rings (SSSR count). The largest absolute Gasteiger partial charge is 0.369 e. The molecule has 1 aromatic heterocycles. The van der Waals surface area contributed by atoms with Crippen molar-refractivity contribution in [3.05, 3.63) is 71.4 Å². The second-order valence-electron chi connectivity index (χ2n) is 6.55. The summed E-state index contributed by atoms with van der Waals surface area (Å²) >= 11 is 5.98. The maximum absolute atomic E-state index is 5.98. The average molecular weight is 352 g/mol. The summed E-state index contributed by atoms with van der Waals surface area (Å²) in [7, 11) is 0. The number of halogens is 1. The smallest absolute Gasteiger partial charge is 0.0705 e. The molecule has 2 heterocycles. The summed E-state index contributed by atoms with van der Waals surface area (Å²) in [5.41, 5.74) is 3.53. The van der Waals surface area contributed by atoms with Crippen LogP contribution in [0.15, 0.2) is 60.7 Å². The van der Waals surface area contributed by atoms with Crippen molar-refractivity contribution in [2.75, 3.05) is 37.6 Å². The molecule has 0 N–H and O–H groups in total. The molecule has 0 amide bonds. The highest BCUT2D eigenvalue weighted by Gasteiger charge is 2.17. The van der Waals surface area contributed by atoms with E-state index >= 15 is 0 Å². The Hall–Kier alpha value is -2.10. The van der Waals surface area contributed by atoms with Crippen molar-refractivity contribution in [1.29, 1.82) is 0 Å². The fraction of sp³-hybridized carbons (Fsp3) is 0.286. The number of piperazine rings is 1. The first-order valence-electron chi connectivity index (χ1n) is 8.85. The molecule has 1 saturated heterocycles.